The number of fused-ring (bicyclic) bond motifs is 1. The number of rotatable bonds is 0. The third-order valence-corrected chi connectivity index (χ3v) is 2.10. The highest BCUT2D eigenvalue weighted by Crippen LogP contribution is 2.37. The Morgan fingerprint density at radius 1 is 1.38 bits per heavy atom. The van der Waals surface area contributed by atoms with Crippen LogP contribution in [0.3, 0.4) is 0 Å². The smallest absolute Gasteiger partial charge is 0.416 e. The Labute approximate surface area is 87.8 Å². The molecule has 1 aromatic carbocycles. The molecule has 16 heavy (non-hydrogen) atoms. The van der Waals surface area contributed by atoms with Crippen molar-refractivity contribution < 1.29 is 27.9 Å². The number of amides is 1. The van der Waals surface area contributed by atoms with Crippen molar-refractivity contribution in [3.63, 3.8) is 0 Å². The van der Waals surface area contributed by atoms with Crippen molar-refractivity contribution in [1.82, 2.24) is 0 Å². The van der Waals surface area contributed by atoms with Crippen LogP contribution in [0.15, 0.2) is 18.2 Å². The largest absolute Gasteiger partial charge is 0.481 e. The molecular weight excluding hydrogens is 227 g/mol. The molecule has 1 aliphatic heterocycles. The molecule has 0 radical (unpaired) electrons. The molecule has 1 heterocycles. The topological polar surface area (TPSA) is 49.8 Å². The minimum atomic E-state index is -4.53. The molecule has 0 fully saturated rings. The quantitative estimate of drug-likeness (QED) is 0.695. The normalized spacial score (nSPS) is 15.8. The Kier molecular flexibility index (Phi) is 2.27. The predicted octanol–water partition coefficient (Wildman–Crippen LogP) is 1.82. The molecule has 0 atom stereocenters. The molecular formula is C9H6F3NO3. The summed E-state index contributed by atoms with van der Waals surface area (Å²) in [5.41, 5.74) is -1.25. The van der Waals surface area contributed by atoms with Gasteiger partial charge in [0.2, 0.25) is 0 Å². The number of carbonyl (C=O) groups excluding carboxylic acids is 1. The molecule has 1 amide bonds. The lowest BCUT2D eigenvalue weighted by molar-refractivity contribution is -0.138. The van der Waals surface area contributed by atoms with E-state index in [0.29, 0.717) is 6.07 Å². The first-order valence-corrected chi connectivity index (χ1v) is 4.25. The summed E-state index contributed by atoms with van der Waals surface area (Å²) in [5, 5.41) is 9.42. The molecule has 0 unspecified atom stereocenters. The second-order valence-corrected chi connectivity index (χ2v) is 3.17. The summed E-state index contributed by atoms with van der Waals surface area (Å²) in [4.78, 5) is 11.0. The fourth-order valence-electron chi connectivity index (χ4n) is 1.32. The van der Waals surface area contributed by atoms with Crippen LogP contribution in [0.25, 0.3) is 0 Å². The number of halogens is 3. The van der Waals surface area contributed by atoms with Gasteiger partial charge >= 0.3 is 6.18 Å². The molecule has 1 N–H and O–H groups in total. The van der Waals surface area contributed by atoms with Crippen LogP contribution in [0, 0.1) is 0 Å². The molecule has 2 rings (SSSR count). The van der Waals surface area contributed by atoms with E-state index >= 15 is 0 Å². The van der Waals surface area contributed by atoms with Crippen LogP contribution in [-0.2, 0) is 11.0 Å². The van der Waals surface area contributed by atoms with Crippen LogP contribution in [0.4, 0.5) is 18.9 Å². The van der Waals surface area contributed by atoms with E-state index in [0.717, 1.165) is 12.1 Å². The summed E-state index contributed by atoms with van der Waals surface area (Å²) >= 11 is 0. The summed E-state index contributed by atoms with van der Waals surface area (Å²) in [7, 11) is 0. The van der Waals surface area contributed by atoms with E-state index in [1.165, 1.54) is 0 Å². The molecule has 0 saturated carbocycles. The average molecular weight is 233 g/mol. The summed E-state index contributed by atoms with van der Waals surface area (Å²) in [6.45, 7) is -0.394. The van der Waals surface area contributed by atoms with Gasteiger partial charge in [-0.15, -0.1) is 0 Å². The first kappa shape index (κ1) is 10.7. The lowest BCUT2D eigenvalue weighted by atomic mass is 10.1. The third kappa shape index (κ3) is 1.69. The van der Waals surface area contributed by atoms with E-state index < -0.39 is 24.3 Å². The van der Waals surface area contributed by atoms with E-state index in [1.807, 2.05) is 0 Å². The Morgan fingerprint density at radius 3 is 2.69 bits per heavy atom. The first-order valence-electron chi connectivity index (χ1n) is 4.25. The van der Waals surface area contributed by atoms with Crippen molar-refractivity contribution >= 4 is 11.6 Å². The number of nitrogens with zero attached hydrogens (tertiary/aromatic N) is 1. The fraction of sp³-hybridized carbons (Fsp3) is 0.222. The monoisotopic (exact) mass is 233 g/mol. The second kappa shape index (κ2) is 3.38. The maximum absolute atomic E-state index is 12.4. The molecule has 4 nitrogen and oxygen atoms in total. The van der Waals surface area contributed by atoms with Crippen LogP contribution >= 0.6 is 0 Å². The maximum Gasteiger partial charge on any atom is 0.416 e. The highest BCUT2D eigenvalue weighted by molar-refractivity contribution is 5.95. The van der Waals surface area contributed by atoms with Crippen LogP contribution in [0.2, 0.25) is 0 Å². The minimum Gasteiger partial charge on any atom is -0.481 e. The van der Waals surface area contributed by atoms with Gasteiger partial charge in [-0.25, -0.2) is 0 Å². The van der Waals surface area contributed by atoms with Gasteiger partial charge < -0.3 is 4.74 Å². The van der Waals surface area contributed by atoms with Gasteiger partial charge in [-0.05, 0) is 18.2 Å². The fourth-order valence-corrected chi connectivity index (χ4v) is 1.32. The van der Waals surface area contributed by atoms with E-state index in [9.17, 15) is 23.2 Å². The minimum absolute atomic E-state index is 0.0371. The van der Waals surface area contributed by atoms with Crippen molar-refractivity contribution in [1.29, 1.82) is 0 Å². The summed E-state index contributed by atoms with van der Waals surface area (Å²) in [6, 6.07) is 2.54. The van der Waals surface area contributed by atoms with Gasteiger partial charge in [0.15, 0.2) is 6.61 Å². The molecule has 86 valence electrons. The zero-order chi connectivity index (χ0) is 11.9. The average Bonchev–Trinajstić information content (AvgIpc) is 2.22. The van der Waals surface area contributed by atoms with Gasteiger partial charge in [0, 0.05) is 0 Å². The molecule has 0 spiro atoms. The SMILES string of the molecule is O=C1COc2ccc(C(F)(F)F)cc2N1O. The zero-order valence-corrected chi connectivity index (χ0v) is 7.78. The second-order valence-electron chi connectivity index (χ2n) is 3.17. The van der Waals surface area contributed by atoms with Gasteiger partial charge in [-0.1, -0.05) is 0 Å². The lowest BCUT2D eigenvalue weighted by Crippen LogP contribution is -2.36. The van der Waals surface area contributed by atoms with Gasteiger partial charge in [-0.3, -0.25) is 10.0 Å². The summed E-state index contributed by atoms with van der Waals surface area (Å²) in [6.07, 6.45) is -4.53. The Bertz CT molecular complexity index is 444. The molecule has 1 aliphatic rings. The highest BCUT2D eigenvalue weighted by Gasteiger charge is 2.33. The van der Waals surface area contributed by atoms with E-state index in [-0.39, 0.29) is 16.5 Å². The molecule has 1 aromatic rings. The van der Waals surface area contributed by atoms with Gasteiger partial charge in [0.1, 0.15) is 11.4 Å². The van der Waals surface area contributed by atoms with Crippen LogP contribution in [0.1, 0.15) is 5.56 Å². The Hall–Kier alpha value is -1.76. The molecule has 0 aromatic heterocycles. The van der Waals surface area contributed by atoms with Gasteiger partial charge in [0.25, 0.3) is 5.91 Å². The van der Waals surface area contributed by atoms with Crippen LogP contribution < -0.4 is 9.80 Å². The number of anilines is 1. The number of hydrogen-bond donors (Lipinski definition) is 1. The standard InChI is InChI=1S/C9H6F3NO3/c10-9(11,12)5-1-2-7-6(3-5)13(15)8(14)4-16-7/h1-3,15H,4H2. The van der Waals surface area contributed by atoms with Crippen molar-refractivity contribution in [2.75, 3.05) is 11.7 Å². The lowest BCUT2D eigenvalue weighted by Gasteiger charge is -2.24. The number of hydrogen-bond acceptors (Lipinski definition) is 3. The van der Waals surface area contributed by atoms with E-state index in [4.69, 9.17) is 4.74 Å². The third-order valence-electron chi connectivity index (χ3n) is 2.10. The highest BCUT2D eigenvalue weighted by atomic mass is 19.4. The number of carbonyl (C=O) groups is 1. The number of benzene rings is 1. The Balaban J connectivity index is 2.48. The van der Waals surface area contributed by atoms with Crippen LogP contribution in [-0.4, -0.2) is 17.7 Å². The zero-order valence-electron chi connectivity index (χ0n) is 7.78. The van der Waals surface area contributed by atoms with Crippen LogP contribution in [0.5, 0.6) is 5.75 Å². The maximum atomic E-state index is 12.4. The van der Waals surface area contributed by atoms with Crippen molar-refractivity contribution in [3.8, 4) is 5.75 Å². The predicted molar refractivity (Wildman–Crippen MR) is 46.2 cm³/mol. The van der Waals surface area contributed by atoms with Crippen molar-refractivity contribution in [2.24, 2.45) is 0 Å². The first-order chi connectivity index (χ1) is 7.39. The number of ether oxygens (including phenoxy) is 1. The van der Waals surface area contributed by atoms with E-state index in [1.54, 1.807) is 0 Å². The summed E-state index contributed by atoms with van der Waals surface area (Å²) < 4.78 is 41.9. The van der Waals surface area contributed by atoms with E-state index in [2.05, 4.69) is 0 Å². The number of hydroxylamine groups is 1. The van der Waals surface area contributed by atoms with Crippen molar-refractivity contribution in [2.45, 2.75) is 6.18 Å². The summed E-state index contributed by atoms with van der Waals surface area (Å²) in [5.74, 6) is -0.776. The van der Waals surface area contributed by atoms with Gasteiger partial charge in [0.05, 0.1) is 5.56 Å². The molecule has 0 saturated heterocycles. The molecule has 0 aliphatic carbocycles. The van der Waals surface area contributed by atoms with Gasteiger partial charge in [-0.2, -0.15) is 18.2 Å². The number of alkyl halides is 3. The molecule has 7 heteroatoms. The van der Waals surface area contributed by atoms with Crippen molar-refractivity contribution in [3.05, 3.63) is 23.8 Å². The Morgan fingerprint density at radius 2 is 2.06 bits per heavy atom. The molecule has 0 bridgehead atoms.